The highest BCUT2D eigenvalue weighted by atomic mass is 19.4. The Morgan fingerprint density at radius 3 is 2.13 bits per heavy atom. The predicted molar refractivity (Wildman–Crippen MR) is 123 cm³/mol. The Bertz CT molecular complexity index is 1090. The summed E-state index contributed by atoms with van der Waals surface area (Å²) in [6, 6.07) is 7.31. The number of halogens is 10. The van der Waals surface area contributed by atoms with Crippen LogP contribution in [0.3, 0.4) is 0 Å². The Morgan fingerprint density at radius 2 is 1.51 bits per heavy atom. The molecule has 0 bridgehead atoms. The molecule has 0 amide bonds. The van der Waals surface area contributed by atoms with E-state index in [4.69, 9.17) is 4.74 Å². The first-order chi connectivity index (χ1) is 18.0. The molecule has 2 aromatic carbocycles. The molecular formula is C26H27F10NO2. The van der Waals surface area contributed by atoms with Gasteiger partial charge in [0.15, 0.2) is 6.10 Å². The van der Waals surface area contributed by atoms with Crippen LogP contribution in [0.15, 0.2) is 42.5 Å². The fourth-order valence-corrected chi connectivity index (χ4v) is 4.37. The average Bonchev–Trinajstić information content (AvgIpc) is 2.86. The Hall–Kier alpha value is -2.70. The lowest BCUT2D eigenvalue weighted by molar-refractivity contribution is -0.359. The van der Waals surface area contributed by atoms with Crippen molar-refractivity contribution in [3.05, 3.63) is 59.2 Å². The zero-order valence-electron chi connectivity index (χ0n) is 20.5. The molecule has 1 aliphatic rings. The van der Waals surface area contributed by atoms with Crippen LogP contribution in [0, 0.1) is 5.92 Å². The number of rotatable bonds is 10. The normalized spacial score (nSPS) is 16.7. The van der Waals surface area contributed by atoms with Gasteiger partial charge in [0, 0.05) is 29.8 Å². The van der Waals surface area contributed by atoms with Crippen LogP contribution in [0.2, 0.25) is 0 Å². The van der Waals surface area contributed by atoms with Crippen LogP contribution in [0.4, 0.5) is 49.6 Å². The molecule has 3 rings (SSSR count). The van der Waals surface area contributed by atoms with Crippen LogP contribution in [-0.4, -0.2) is 42.6 Å². The minimum absolute atomic E-state index is 0.0391. The Morgan fingerprint density at radius 1 is 0.872 bits per heavy atom. The molecule has 0 heterocycles. The molecule has 1 unspecified atom stereocenters. The lowest BCUT2D eigenvalue weighted by Crippen LogP contribution is -2.50. The molecule has 218 valence electrons. The van der Waals surface area contributed by atoms with Gasteiger partial charge in [0.1, 0.15) is 5.75 Å². The molecule has 13 heteroatoms. The molecule has 3 nitrogen and oxygen atoms in total. The maximum Gasteiger partial charge on any atom is 0.460 e. The van der Waals surface area contributed by atoms with E-state index in [1.807, 2.05) is 0 Å². The number of hydrogen-bond donors (Lipinski definition) is 2. The van der Waals surface area contributed by atoms with Crippen LogP contribution in [0.25, 0.3) is 0 Å². The van der Waals surface area contributed by atoms with Gasteiger partial charge in [0.2, 0.25) is 0 Å². The summed E-state index contributed by atoms with van der Waals surface area (Å²) in [4.78, 5) is 0. The van der Waals surface area contributed by atoms with Crippen molar-refractivity contribution < 1.29 is 53.7 Å². The van der Waals surface area contributed by atoms with E-state index in [1.54, 1.807) is 0 Å². The summed E-state index contributed by atoms with van der Waals surface area (Å²) in [5.74, 6) is -11.6. The Balaban J connectivity index is 1.93. The smallest absolute Gasteiger partial charge is 0.460 e. The predicted octanol–water partition coefficient (Wildman–Crippen LogP) is 7.86. The molecular weight excluding hydrogens is 548 g/mol. The minimum Gasteiger partial charge on any atom is -0.493 e. The van der Waals surface area contributed by atoms with E-state index >= 15 is 0 Å². The largest absolute Gasteiger partial charge is 0.493 e. The molecule has 0 saturated heterocycles. The molecule has 1 aliphatic carbocycles. The van der Waals surface area contributed by atoms with Gasteiger partial charge < -0.3 is 15.2 Å². The van der Waals surface area contributed by atoms with Crippen molar-refractivity contribution in [2.45, 2.75) is 68.8 Å². The topological polar surface area (TPSA) is 41.5 Å². The van der Waals surface area contributed by atoms with Crippen molar-refractivity contribution in [3.8, 4) is 5.75 Å². The second-order valence-corrected chi connectivity index (χ2v) is 9.56. The number of nitrogens with one attached hydrogen (secondary N) is 1. The summed E-state index contributed by atoms with van der Waals surface area (Å²) in [5, 5.41) is 11.8. The molecule has 0 aromatic heterocycles. The second-order valence-electron chi connectivity index (χ2n) is 9.56. The maximum absolute atomic E-state index is 14.3. The Kier molecular flexibility index (Phi) is 9.34. The van der Waals surface area contributed by atoms with E-state index in [9.17, 15) is 49.0 Å². The number of aliphatic hydroxyl groups excluding tert-OH is 1. The summed E-state index contributed by atoms with van der Waals surface area (Å²) in [6.45, 7) is -0.698. The second kappa shape index (κ2) is 11.8. The number of aliphatic hydroxyl groups is 1. The van der Waals surface area contributed by atoms with Crippen LogP contribution in [0.5, 0.6) is 5.75 Å². The van der Waals surface area contributed by atoms with Gasteiger partial charge in [-0.05, 0) is 42.5 Å². The molecule has 2 aromatic rings. The van der Waals surface area contributed by atoms with Gasteiger partial charge in [0.05, 0.1) is 6.61 Å². The highest BCUT2D eigenvalue weighted by Gasteiger charge is 2.73. The van der Waals surface area contributed by atoms with E-state index in [0.717, 1.165) is 38.2 Å². The molecule has 0 spiro atoms. The van der Waals surface area contributed by atoms with Gasteiger partial charge in [-0.25, -0.2) is 0 Å². The number of hydrogen-bond acceptors (Lipinski definition) is 3. The summed E-state index contributed by atoms with van der Waals surface area (Å²) < 4.78 is 138. The lowest BCUT2D eigenvalue weighted by atomic mass is 9.90. The third-order valence-corrected chi connectivity index (χ3v) is 6.62. The zero-order valence-corrected chi connectivity index (χ0v) is 20.5. The quantitative estimate of drug-likeness (QED) is 0.284. The number of ether oxygens (including phenoxy) is 1. The highest BCUT2D eigenvalue weighted by Crippen LogP contribution is 2.52. The highest BCUT2D eigenvalue weighted by molar-refractivity contribution is 5.59. The third-order valence-electron chi connectivity index (χ3n) is 6.62. The van der Waals surface area contributed by atoms with Crippen molar-refractivity contribution in [3.63, 3.8) is 0 Å². The molecule has 1 atom stereocenters. The summed E-state index contributed by atoms with van der Waals surface area (Å²) in [7, 11) is 0. The van der Waals surface area contributed by atoms with Crippen molar-refractivity contribution in [1.29, 1.82) is 0 Å². The van der Waals surface area contributed by atoms with Gasteiger partial charge in [-0.2, -0.15) is 43.9 Å². The van der Waals surface area contributed by atoms with Crippen LogP contribution >= 0.6 is 0 Å². The molecule has 0 aliphatic heterocycles. The summed E-state index contributed by atoms with van der Waals surface area (Å²) in [6.07, 6.45) is -9.64. The maximum atomic E-state index is 14.3. The summed E-state index contributed by atoms with van der Waals surface area (Å²) in [5.41, 5.74) is -1.49. The molecule has 1 saturated carbocycles. The number of benzene rings is 2. The average molecular weight is 575 g/mol. The van der Waals surface area contributed by atoms with Crippen LogP contribution in [-0.2, 0) is 12.3 Å². The number of anilines is 1. The van der Waals surface area contributed by atoms with Crippen molar-refractivity contribution >= 4 is 5.69 Å². The van der Waals surface area contributed by atoms with Crippen molar-refractivity contribution in [2.75, 3.05) is 18.5 Å². The zero-order chi connectivity index (χ0) is 29.1. The summed E-state index contributed by atoms with van der Waals surface area (Å²) >= 11 is 0. The van der Waals surface area contributed by atoms with Gasteiger partial charge in [-0.15, -0.1) is 0 Å². The van der Waals surface area contributed by atoms with Gasteiger partial charge in [-0.3, -0.25) is 0 Å². The number of alkyl halides is 10. The Labute approximate surface area is 218 Å². The lowest BCUT2D eigenvalue weighted by Gasteiger charge is -2.28. The van der Waals surface area contributed by atoms with E-state index in [-0.39, 0.29) is 41.5 Å². The molecule has 1 fully saturated rings. The van der Waals surface area contributed by atoms with Gasteiger partial charge >= 0.3 is 24.2 Å². The van der Waals surface area contributed by atoms with Crippen molar-refractivity contribution in [1.82, 2.24) is 0 Å². The molecule has 0 radical (unpaired) electrons. The monoisotopic (exact) mass is 575 g/mol. The van der Waals surface area contributed by atoms with E-state index in [1.165, 1.54) is 24.3 Å². The fourth-order valence-electron chi connectivity index (χ4n) is 4.37. The standard InChI is InChI=1S/C26H27F10NO2/c27-23(28,25(32,33)26(34,35)36)18-9-4-8-17(12-18)13-19-20(37-14-22(38)24(29,30)31)10-5-11-21(19)39-15-16-6-2-1-3-7-16/h4-5,8-12,16,22,37-38H,1-3,6-7,13-15H2. The third kappa shape index (κ3) is 7.29. The van der Waals surface area contributed by atoms with Gasteiger partial charge in [-0.1, -0.05) is 43.5 Å². The van der Waals surface area contributed by atoms with Crippen LogP contribution in [0.1, 0.15) is 48.8 Å². The SMILES string of the molecule is OC(CNc1cccc(OCC2CCCCC2)c1Cc1cccc(C(F)(F)C(F)(F)C(F)(F)F)c1)C(F)(F)F. The van der Waals surface area contributed by atoms with E-state index in [0.29, 0.717) is 12.1 Å². The van der Waals surface area contributed by atoms with E-state index < -0.39 is 42.4 Å². The first-order valence-electron chi connectivity index (χ1n) is 12.2. The molecule has 39 heavy (non-hydrogen) atoms. The fraction of sp³-hybridized carbons (Fsp3) is 0.538. The van der Waals surface area contributed by atoms with E-state index in [2.05, 4.69) is 5.32 Å². The molecule has 2 N–H and O–H groups in total. The van der Waals surface area contributed by atoms with Gasteiger partial charge in [0.25, 0.3) is 0 Å². The first kappa shape index (κ1) is 30.8. The van der Waals surface area contributed by atoms with Crippen molar-refractivity contribution in [2.24, 2.45) is 5.92 Å². The first-order valence-corrected chi connectivity index (χ1v) is 12.2. The van der Waals surface area contributed by atoms with Crippen LogP contribution < -0.4 is 10.1 Å². The minimum atomic E-state index is -6.51.